The van der Waals surface area contributed by atoms with Gasteiger partial charge < -0.3 is 9.72 Å². The third-order valence-electron chi connectivity index (χ3n) is 6.25. The van der Waals surface area contributed by atoms with Crippen molar-refractivity contribution in [2.24, 2.45) is 0 Å². The fourth-order valence-corrected chi connectivity index (χ4v) is 4.59. The van der Waals surface area contributed by atoms with Crippen molar-refractivity contribution in [3.05, 3.63) is 72.9 Å². The van der Waals surface area contributed by atoms with Crippen molar-refractivity contribution in [1.29, 1.82) is 0 Å². The summed E-state index contributed by atoms with van der Waals surface area (Å²) in [5, 5.41) is 3.57. The van der Waals surface area contributed by atoms with Crippen LogP contribution in [0.3, 0.4) is 0 Å². The Morgan fingerprint density at radius 3 is 2.59 bits per heavy atom. The Morgan fingerprint density at radius 1 is 0.906 bits per heavy atom. The van der Waals surface area contributed by atoms with Crippen LogP contribution < -0.4 is 5.43 Å². The van der Waals surface area contributed by atoms with Crippen molar-refractivity contribution in [3.63, 3.8) is 0 Å². The summed E-state index contributed by atoms with van der Waals surface area (Å²) in [5.41, 5.74) is 8.58. The highest BCUT2D eigenvalue weighted by Gasteiger charge is 2.15. The fraction of sp³-hybridized carbons (Fsp3) is 0.192. The number of nitrogens with zero attached hydrogens (tertiary/aromatic N) is 2. The van der Waals surface area contributed by atoms with E-state index in [2.05, 4.69) is 76.0 Å². The summed E-state index contributed by atoms with van der Waals surface area (Å²) in [5.74, 6) is -0.0160. The zero-order valence-corrected chi connectivity index (χ0v) is 17.7. The molecule has 3 heterocycles. The maximum absolute atomic E-state index is 12.5. The van der Waals surface area contributed by atoms with E-state index in [1.54, 1.807) is 0 Å². The van der Waals surface area contributed by atoms with Gasteiger partial charge in [0.05, 0.1) is 25.3 Å². The van der Waals surface area contributed by atoms with Gasteiger partial charge in [0.25, 0.3) is 5.91 Å². The predicted molar refractivity (Wildman–Crippen MR) is 128 cm³/mol. The van der Waals surface area contributed by atoms with Crippen LogP contribution in [0.2, 0.25) is 0 Å². The number of carbonyl (C=O) groups is 1. The topological polar surface area (TPSA) is 62.3 Å². The van der Waals surface area contributed by atoms with Gasteiger partial charge in [0.15, 0.2) is 0 Å². The largest absolute Gasteiger partial charge is 0.379 e. The maximum atomic E-state index is 12.5. The molecule has 0 bridgehead atoms. The average Bonchev–Trinajstić information content (AvgIpc) is 3.40. The van der Waals surface area contributed by atoms with Crippen molar-refractivity contribution >= 4 is 38.6 Å². The first-order chi connectivity index (χ1) is 15.7. The molecule has 0 radical (unpaired) electrons. The molecule has 0 atom stereocenters. The lowest BCUT2D eigenvalue weighted by Crippen LogP contribution is -2.42. The van der Waals surface area contributed by atoms with Crippen LogP contribution in [-0.2, 0) is 9.53 Å². The number of morpholine rings is 1. The number of fused-ring (bicyclic) bond motifs is 4. The highest BCUT2D eigenvalue weighted by molar-refractivity contribution is 6.08. The van der Waals surface area contributed by atoms with Crippen LogP contribution in [0.25, 0.3) is 43.8 Å². The van der Waals surface area contributed by atoms with Crippen LogP contribution in [0.5, 0.6) is 0 Å². The number of benzene rings is 3. The second-order valence-corrected chi connectivity index (χ2v) is 8.31. The van der Waals surface area contributed by atoms with Crippen LogP contribution in [0.15, 0.2) is 72.9 Å². The molecule has 2 aromatic heterocycles. The molecule has 1 saturated heterocycles. The minimum Gasteiger partial charge on any atom is -0.379 e. The van der Waals surface area contributed by atoms with Crippen LogP contribution in [-0.4, -0.2) is 53.3 Å². The van der Waals surface area contributed by atoms with Gasteiger partial charge in [-0.3, -0.25) is 19.8 Å². The summed E-state index contributed by atoms with van der Waals surface area (Å²) in [6, 6.07) is 23.3. The molecule has 32 heavy (non-hydrogen) atoms. The van der Waals surface area contributed by atoms with E-state index in [4.69, 9.17) is 4.74 Å². The quantitative estimate of drug-likeness (QED) is 0.451. The molecule has 0 saturated carbocycles. The predicted octanol–water partition coefficient (Wildman–Crippen LogP) is 4.35. The van der Waals surface area contributed by atoms with Crippen LogP contribution in [0.4, 0.5) is 0 Å². The van der Waals surface area contributed by atoms with E-state index in [9.17, 15) is 4.79 Å². The van der Waals surface area contributed by atoms with E-state index in [1.807, 2.05) is 16.9 Å². The lowest BCUT2D eigenvalue weighted by atomic mass is 10.0. The summed E-state index contributed by atoms with van der Waals surface area (Å²) in [6.45, 7) is 3.35. The van der Waals surface area contributed by atoms with E-state index >= 15 is 0 Å². The number of nitrogens with one attached hydrogen (secondary N) is 2. The van der Waals surface area contributed by atoms with Crippen LogP contribution in [0.1, 0.15) is 0 Å². The number of aromatic amines is 1. The zero-order chi connectivity index (χ0) is 21.5. The maximum Gasteiger partial charge on any atom is 0.252 e. The lowest BCUT2D eigenvalue weighted by Gasteiger charge is -2.25. The molecule has 3 aromatic carbocycles. The average molecular weight is 425 g/mol. The van der Waals surface area contributed by atoms with Gasteiger partial charge in [-0.1, -0.05) is 36.4 Å². The van der Waals surface area contributed by atoms with Gasteiger partial charge in [0.1, 0.15) is 0 Å². The summed E-state index contributed by atoms with van der Waals surface area (Å²) in [7, 11) is 0. The first-order valence-electron chi connectivity index (χ1n) is 11.0. The smallest absolute Gasteiger partial charge is 0.252 e. The lowest BCUT2D eigenvalue weighted by molar-refractivity contribution is -0.119. The molecule has 6 heteroatoms. The number of ether oxygens (including phenoxy) is 1. The minimum atomic E-state index is -0.0160. The molecular weight excluding hydrogens is 400 g/mol. The molecule has 1 amide bonds. The Balaban J connectivity index is 1.26. The second kappa shape index (κ2) is 7.82. The Labute approximate surface area is 185 Å². The van der Waals surface area contributed by atoms with Gasteiger partial charge in [-0.2, -0.15) is 0 Å². The normalized spacial score (nSPS) is 15.0. The third-order valence-corrected chi connectivity index (χ3v) is 6.25. The van der Waals surface area contributed by atoms with Gasteiger partial charge in [-0.25, -0.2) is 0 Å². The van der Waals surface area contributed by atoms with Crippen molar-refractivity contribution in [2.75, 3.05) is 38.3 Å². The van der Waals surface area contributed by atoms with Gasteiger partial charge >= 0.3 is 0 Å². The number of amides is 1. The summed E-state index contributed by atoms with van der Waals surface area (Å²) >= 11 is 0. The molecule has 0 spiro atoms. The molecular formula is C26H24N4O2. The van der Waals surface area contributed by atoms with Crippen molar-refractivity contribution in [3.8, 4) is 11.1 Å². The monoisotopic (exact) mass is 424 g/mol. The molecule has 2 N–H and O–H groups in total. The first-order valence-corrected chi connectivity index (χ1v) is 11.0. The number of hydrogen-bond acceptors (Lipinski definition) is 3. The highest BCUT2D eigenvalue weighted by atomic mass is 16.5. The SMILES string of the molecule is O=C(CN1CCOCC1)Nn1ccc2cc(-c3ccc4c(c3)[nH]c3ccccc34)ccc21. The third kappa shape index (κ3) is 3.43. The molecule has 6 nitrogen and oxygen atoms in total. The molecule has 0 aliphatic carbocycles. The van der Waals surface area contributed by atoms with Crippen molar-refractivity contribution in [1.82, 2.24) is 14.6 Å². The molecule has 1 aliphatic heterocycles. The molecule has 160 valence electrons. The Morgan fingerprint density at radius 2 is 1.69 bits per heavy atom. The van der Waals surface area contributed by atoms with E-state index in [1.165, 1.54) is 10.8 Å². The molecule has 0 unspecified atom stereocenters. The summed E-state index contributed by atoms with van der Waals surface area (Å²) < 4.78 is 7.16. The van der Waals surface area contributed by atoms with Gasteiger partial charge in [0.2, 0.25) is 0 Å². The molecule has 1 fully saturated rings. The number of rotatable bonds is 4. The number of H-pyrrole nitrogens is 1. The van der Waals surface area contributed by atoms with Crippen molar-refractivity contribution in [2.45, 2.75) is 0 Å². The number of para-hydroxylation sites is 1. The Bertz CT molecular complexity index is 1440. The van der Waals surface area contributed by atoms with E-state index in [0.29, 0.717) is 19.8 Å². The number of aromatic nitrogens is 2. The van der Waals surface area contributed by atoms with E-state index in [0.717, 1.165) is 46.2 Å². The van der Waals surface area contributed by atoms with Crippen molar-refractivity contribution < 1.29 is 9.53 Å². The Hall–Kier alpha value is -3.61. The molecule has 1 aliphatic rings. The second-order valence-electron chi connectivity index (χ2n) is 8.31. The van der Waals surface area contributed by atoms with Crippen LogP contribution in [0, 0.1) is 0 Å². The zero-order valence-electron chi connectivity index (χ0n) is 17.7. The van der Waals surface area contributed by atoms with Gasteiger partial charge in [0, 0.05) is 46.5 Å². The number of carbonyl (C=O) groups excluding carboxylic acids is 1. The Kier molecular flexibility index (Phi) is 4.67. The van der Waals surface area contributed by atoms with Gasteiger partial charge in [-0.05, 0) is 41.5 Å². The standard InChI is InChI=1S/C26H24N4O2/c31-26(17-29-11-13-32-14-12-29)28-30-10-9-20-15-18(6-8-25(20)30)19-5-7-22-21-3-1-2-4-23(21)27-24(22)16-19/h1-10,15-16,27H,11-14,17H2,(H,28,31). The van der Waals surface area contributed by atoms with Gasteiger partial charge in [-0.15, -0.1) is 0 Å². The molecule has 6 rings (SSSR count). The fourth-order valence-electron chi connectivity index (χ4n) is 4.59. The van der Waals surface area contributed by atoms with Crippen LogP contribution >= 0.6 is 0 Å². The number of hydrogen-bond donors (Lipinski definition) is 2. The highest BCUT2D eigenvalue weighted by Crippen LogP contribution is 2.31. The summed E-state index contributed by atoms with van der Waals surface area (Å²) in [4.78, 5) is 18.1. The minimum absolute atomic E-state index is 0.0160. The summed E-state index contributed by atoms with van der Waals surface area (Å²) in [6.07, 6.45) is 1.91. The molecule has 5 aromatic rings. The first kappa shape index (κ1) is 19.1. The van der Waals surface area contributed by atoms with E-state index < -0.39 is 0 Å². The van der Waals surface area contributed by atoms with E-state index in [-0.39, 0.29) is 5.91 Å².